The van der Waals surface area contributed by atoms with Crippen LogP contribution >= 0.6 is 0 Å². The van der Waals surface area contributed by atoms with E-state index < -0.39 is 45.5 Å². The highest BCUT2D eigenvalue weighted by atomic mass is 32.2. The van der Waals surface area contributed by atoms with Crippen molar-refractivity contribution in [3.8, 4) is 5.75 Å². The van der Waals surface area contributed by atoms with Crippen LogP contribution in [-0.4, -0.2) is 54.8 Å². The van der Waals surface area contributed by atoms with Crippen LogP contribution in [0.2, 0.25) is 0 Å². The van der Waals surface area contributed by atoms with Crippen LogP contribution in [0, 0.1) is 0 Å². The largest absolute Gasteiger partial charge is 0.494 e. The van der Waals surface area contributed by atoms with E-state index in [1.165, 1.54) is 0 Å². The molecule has 2 N–H and O–H groups in total. The van der Waals surface area contributed by atoms with E-state index in [4.69, 9.17) is 4.74 Å². The number of fused-ring (bicyclic) bond motifs is 3. The lowest BCUT2D eigenvalue weighted by atomic mass is 9.82. The molecule has 0 unspecified atom stereocenters. The van der Waals surface area contributed by atoms with Gasteiger partial charge in [0.2, 0.25) is 5.91 Å². The van der Waals surface area contributed by atoms with Gasteiger partial charge in [0.1, 0.15) is 17.1 Å². The summed E-state index contributed by atoms with van der Waals surface area (Å²) in [6.07, 6.45) is -1.21. The first-order valence-electron chi connectivity index (χ1n) is 14.1. The normalized spacial score (nSPS) is 17.8. The highest BCUT2D eigenvalue weighted by Gasteiger charge is 2.46. The zero-order valence-electron chi connectivity index (χ0n) is 23.7. The Morgan fingerprint density at radius 1 is 1.16 bits per heavy atom. The molecule has 1 atom stereocenters. The van der Waals surface area contributed by atoms with E-state index in [0.29, 0.717) is 37.3 Å². The third-order valence-corrected chi connectivity index (χ3v) is 8.51. The molecule has 5 rings (SSSR count). The van der Waals surface area contributed by atoms with Crippen LogP contribution in [0.25, 0.3) is 0 Å². The van der Waals surface area contributed by atoms with Crippen LogP contribution < -0.4 is 15.4 Å². The van der Waals surface area contributed by atoms with Crippen molar-refractivity contribution in [1.29, 1.82) is 0 Å². The number of rotatable bonds is 11. The van der Waals surface area contributed by atoms with Gasteiger partial charge >= 0.3 is 6.18 Å². The summed E-state index contributed by atoms with van der Waals surface area (Å²) in [6, 6.07) is 15.3. The standard InChI is InChI=1S/C30H33F3N4O5S/c1-43(40,41)19-25(38)34-27-26-24(37(36-27)15-5-9-20-7-3-2-4-8-20)18-29(35-28(26)39)14-12-21-17-22(10-11-23(21)29)42-16-6-13-30(31,32)33/h2-4,7-8,10-11,17H,5-6,9,12-16,18-19H2,1H3,(H,35,39)(H,34,36,38)/t29-/m0/s1. The van der Waals surface area contributed by atoms with E-state index in [2.05, 4.69) is 15.7 Å². The molecule has 1 spiro atoms. The van der Waals surface area contributed by atoms with Gasteiger partial charge < -0.3 is 15.4 Å². The number of anilines is 1. The fraction of sp³-hybridized carbons (Fsp3) is 0.433. The number of amides is 2. The molecule has 9 nitrogen and oxygen atoms in total. The summed E-state index contributed by atoms with van der Waals surface area (Å²) < 4.78 is 68.0. The van der Waals surface area contributed by atoms with E-state index in [-0.39, 0.29) is 24.4 Å². The average Bonchev–Trinajstić information content (AvgIpc) is 3.43. The van der Waals surface area contributed by atoms with Crippen molar-refractivity contribution in [2.75, 3.05) is 23.9 Å². The number of sulfone groups is 1. The molecule has 0 bridgehead atoms. The van der Waals surface area contributed by atoms with Crippen molar-refractivity contribution < 1.29 is 35.9 Å². The van der Waals surface area contributed by atoms with Crippen molar-refractivity contribution in [2.45, 2.75) is 63.2 Å². The van der Waals surface area contributed by atoms with Crippen LogP contribution in [0.15, 0.2) is 48.5 Å². The van der Waals surface area contributed by atoms with Gasteiger partial charge in [0.05, 0.1) is 17.8 Å². The van der Waals surface area contributed by atoms with E-state index >= 15 is 0 Å². The molecule has 2 aromatic carbocycles. The first kappa shape index (κ1) is 30.6. The Balaban J connectivity index is 1.38. The summed E-state index contributed by atoms with van der Waals surface area (Å²) >= 11 is 0. The molecule has 3 aromatic rings. The second-order valence-corrected chi connectivity index (χ2v) is 13.3. The number of nitrogens with one attached hydrogen (secondary N) is 2. The molecule has 2 heterocycles. The van der Waals surface area contributed by atoms with Crippen LogP contribution in [0.5, 0.6) is 5.75 Å². The Kier molecular flexibility index (Phi) is 8.55. The number of aromatic nitrogens is 2. The van der Waals surface area contributed by atoms with E-state index in [9.17, 15) is 31.2 Å². The second kappa shape index (κ2) is 12.0. The minimum Gasteiger partial charge on any atom is -0.494 e. The number of benzene rings is 2. The molecule has 0 saturated heterocycles. The summed E-state index contributed by atoms with van der Waals surface area (Å²) in [5.74, 6) is -1.44. The Hall–Kier alpha value is -3.87. The fourth-order valence-corrected chi connectivity index (χ4v) is 6.42. The predicted octanol–water partition coefficient (Wildman–Crippen LogP) is 4.35. The van der Waals surface area contributed by atoms with Gasteiger partial charge in [-0.15, -0.1) is 0 Å². The second-order valence-electron chi connectivity index (χ2n) is 11.2. The molecular weight excluding hydrogens is 585 g/mol. The van der Waals surface area contributed by atoms with Crippen molar-refractivity contribution in [2.24, 2.45) is 0 Å². The molecule has 0 fully saturated rings. The molecule has 43 heavy (non-hydrogen) atoms. The Morgan fingerprint density at radius 2 is 1.93 bits per heavy atom. The van der Waals surface area contributed by atoms with Crippen molar-refractivity contribution in [1.82, 2.24) is 15.1 Å². The maximum Gasteiger partial charge on any atom is 0.389 e. The molecule has 0 radical (unpaired) electrons. The number of nitrogens with zero attached hydrogens (tertiary/aromatic N) is 2. The third-order valence-electron chi connectivity index (χ3n) is 7.72. The third kappa shape index (κ3) is 7.38. The summed E-state index contributed by atoms with van der Waals surface area (Å²) in [7, 11) is -3.59. The molecule has 2 amide bonds. The van der Waals surface area contributed by atoms with Gasteiger partial charge in [0, 0.05) is 25.6 Å². The number of alkyl halides is 3. The maximum atomic E-state index is 13.6. The number of ether oxygens (including phenoxy) is 1. The lowest BCUT2D eigenvalue weighted by molar-refractivity contribution is -0.136. The van der Waals surface area contributed by atoms with Crippen molar-refractivity contribution >= 4 is 27.5 Å². The summed E-state index contributed by atoms with van der Waals surface area (Å²) in [5, 5.41) is 10.2. The number of aryl methyl sites for hydroxylation is 3. The summed E-state index contributed by atoms with van der Waals surface area (Å²) in [6.45, 7) is 0.416. The molecule has 230 valence electrons. The molecule has 0 saturated carbocycles. The monoisotopic (exact) mass is 618 g/mol. The van der Waals surface area contributed by atoms with Crippen molar-refractivity contribution in [3.63, 3.8) is 0 Å². The zero-order valence-corrected chi connectivity index (χ0v) is 24.5. The molecule has 2 aliphatic rings. The smallest absolute Gasteiger partial charge is 0.389 e. The Bertz CT molecular complexity index is 1620. The Labute approximate surface area is 247 Å². The number of carbonyl (C=O) groups is 2. The SMILES string of the molecule is CS(=O)(=O)CC(=O)Nc1nn(CCCc2ccccc2)c2c1C(=O)N[C@@]1(CCc3cc(OCCCC(F)(F)F)ccc31)C2. The van der Waals surface area contributed by atoms with E-state index in [1.54, 1.807) is 10.7 Å². The van der Waals surface area contributed by atoms with Gasteiger partial charge in [-0.25, -0.2) is 8.42 Å². The molecule has 13 heteroatoms. The number of hydrogen-bond donors (Lipinski definition) is 2. The number of halogens is 3. The maximum absolute atomic E-state index is 13.6. The van der Waals surface area contributed by atoms with Gasteiger partial charge in [0.25, 0.3) is 5.91 Å². The van der Waals surface area contributed by atoms with Crippen LogP contribution in [0.1, 0.15) is 58.4 Å². The summed E-state index contributed by atoms with van der Waals surface area (Å²) in [5.41, 5.74) is 3.11. The lowest BCUT2D eigenvalue weighted by Gasteiger charge is -2.36. The van der Waals surface area contributed by atoms with Gasteiger partial charge in [-0.2, -0.15) is 18.3 Å². The minimum atomic E-state index is -4.23. The fourth-order valence-electron chi connectivity index (χ4n) is 5.87. The number of carbonyl (C=O) groups excluding carboxylic acids is 2. The lowest BCUT2D eigenvalue weighted by Crippen LogP contribution is -2.50. The molecule has 1 aliphatic heterocycles. The minimum absolute atomic E-state index is 0.0246. The molecule has 1 aromatic heterocycles. The first-order valence-corrected chi connectivity index (χ1v) is 16.1. The van der Waals surface area contributed by atoms with Crippen LogP contribution in [0.4, 0.5) is 19.0 Å². The number of hydrogen-bond acceptors (Lipinski definition) is 6. The van der Waals surface area contributed by atoms with Gasteiger partial charge in [-0.1, -0.05) is 36.4 Å². The molecular formula is C30H33F3N4O5S. The van der Waals surface area contributed by atoms with Crippen molar-refractivity contribution in [3.05, 3.63) is 76.5 Å². The van der Waals surface area contributed by atoms with E-state index in [0.717, 1.165) is 35.8 Å². The molecule has 1 aliphatic carbocycles. The first-order chi connectivity index (χ1) is 20.3. The summed E-state index contributed by atoms with van der Waals surface area (Å²) in [4.78, 5) is 26.1. The quantitative estimate of drug-likeness (QED) is 0.309. The Morgan fingerprint density at radius 3 is 2.65 bits per heavy atom. The topological polar surface area (TPSA) is 119 Å². The highest BCUT2D eigenvalue weighted by Crippen LogP contribution is 2.44. The average molecular weight is 619 g/mol. The van der Waals surface area contributed by atoms with Crippen LogP contribution in [-0.2, 0) is 46.0 Å². The van der Waals surface area contributed by atoms with E-state index in [1.807, 2.05) is 42.5 Å². The van der Waals surface area contributed by atoms with Gasteiger partial charge in [0.15, 0.2) is 15.7 Å². The van der Waals surface area contributed by atoms with Crippen LogP contribution in [0.3, 0.4) is 0 Å². The highest BCUT2D eigenvalue weighted by molar-refractivity contribution is 7.91. The zero-order chi connectivity index (χ0) is 30.8. The van der Waals surface area contributed by atoms with Gasteiger partial charge in [-0.05, 0) is 60.9 Å². The van der Waals surface area contributed by atoms with Gasteiger partial charge in [-0.3, -0.25) is 14.3 Å². The predicted molar refractivity (Wildman–Crippen MR) is 154 cm³/mol.